The molecule has 0 aliphatic heterocycles. The van der Waals surface area contributed by atoms with Gasteiger partial charge in [0.25, 0.3) is 0 Å². The van der Waals surface area contributed by atoms with Crippen molar-refractivity contribution in [1.29, 1.82) is 0 Å². The first kappa shape index (κ1) is 18.3. The van der Waals surface area contributed by atoms with Gasteiger partial charge in [-0.3, -0.25) is 4.99 Å². The molecule has 2 N–H and O–H groups in total. The first-order chi connectivity index (χ1) is 11.5. The maximum absolute atomic E-state index is 5.88. The average Bonchev–Trinajstić information content (AvgIpc) is 3.03. The van der Waals surface area contributed by atoms with Crippen LogP contribution in [-0.2, 0) is 6.42 Å². The summed E-state index contributed by atoms with van der Waals surface area (Å²) in [6.45, 7) is 7.13. The molecule has 1 atom stereocenters. The van der Waals surface area contributed by atoms with Gasteiger partial charge in [0.15, 0.2) is 5.96 Å². The van der Waals surface area contributed by atoms with E-state index in [2.05, 4.69) is 46.5 Å². The van der Waals surface area contributed by atoms with Crippen LogP contribution >= 0.6 is 11.6 Å². The van der Waals surface area contributed by atoms with E-state index in [-0.39, 0.29) is 0 Å². The van der Waals surface area contributed by atoms with Crippen LogP contribution in [-0.4, -0.2) is 35.7 Å². The molecule has 0 amide bonds. The third kappa shape index (κ3) is 5.23. The molecule has 1 heterocycles. The SMILES string of the molecule is CN=C(NCCc1nc(-c2ccc(Cl)cc2)no1)NC(C)C(C)C. The number of hydrogen-bond acceptors (Lipinski definition) is 4. The van der Waals surface area contributed by atoms with Crippen LogP contribution in [0, 0.1) is 5.92 Å². The Hall–Kier alpha value is -2.08. The zero-order chi connectivity index (χ0) is 17.5. The number of rotatable bonds is 6. The Morgan fingerprint density at radius 2 is 1.96 bits per heavy atom. The second-order valence-electron chi connectivity index (χ2n) is 5.94. The largest absolute Gasteiger partial charge is 0.356 e. The van der Waals surface area contributed by atoms with Crippen molar-refractivity contribution in [3.63, 3.8) is 0 Å². The molecule has 2 rings (SSSR count). The van der Waals surface area contributed by atoms with Gasteiger partial charge in [0.05, 0.1) is 0 Å². The van der Waals surface area contributed by atoms with E-state index in [1.54, 1.807) is 19.2 Å². The number of aromatic nitrogens is 2. The molecule has 1 aromatic heterocycles. The number of guanidine groups is 1. The van der Waals surface area contributed by atoms with Crippen molar-refractivity contribution in [2.45, 2.75) is 33.2 Å². The predicted octanol–water partition coefficient (Wildman–Crippen LogP) is 3.14. The summed E-state index contributed by atoms with van der Waals surface area (Å²) in [5.41, 5.74) is 0.880. The molecule has 2 aromatic rings. The molecule has 6 nitrogen and oxygen atoms in total. The van der Waals surface area contributed by atoms with Gasteiger partial charge in [-0.25, -0.2) is 0 Å². The minimum atomic E-state index is 0.344. The molecule has 0 aliphatic carbocycles. The third-order valence-electron chi connectivity index (χ3n) is 3.79. The molecule has 130 valence electrons. The van der Waals surface area contributed by atoms with E-state index in [0.29, 0.717) is 41.7 Å². The summed E-state index contributed by atoms with van der Waals surface area (Å²) in [5, 5.41) is 11.3. The fourth-order valence-corrected chi connectivity index (χ4v) is 2.06. The van der Waals surface area contributed by atoms with Crippen LogP contribution < -0.4 is 10.6 Å². The zero-order valence-electron chi connectivity index (χ0n) is 14.5. The highest BCUT2D eigenvalue weighted by Crippen LogP contribution is 2.18. The summed E-state index contributed by atoms with van der Waals surface area (Å²) in [5.74, 6) is 2.45. The van der Waals surface area contributed by atoms with Crippen LogP contribution in [0.4, 0.5) is 0 Å². The molecule has 1 unspecified atom stereocenters. The Labute approximate surface area is 147 Å². The second-order valence-corrected chi connectivity index (χ2v) is 6.38. The van der Waals surface area contributed by atoms with Gasteiger partial charge in [0, 0.05) is 36.6 Å². The summed E-state index contributed by atoms with van der Waals surface area (Å²) in [4.78, 5) is 8.62. The number of benzene rings is 1. The number of nitrogens with one attached hydrogen (secondary N) is 2. The highest BCUT2D eigenvalue weighted by Gasteiger charge is 2.11. The van der Waals surface area contributed by atoms with E-state index >= 15 is 0 Å². The quantitative estimate of drug-likeness (QED) is 0.619. The van der Waals surface area contributed by atoms with Crippen LogP contribution in [0.3, 0.4) is 0 Å². The topological polar surface area (TPSA) is 75.3 Å². The van der Waals surface area contributed by atoms with Crippen molar-refractivity contribution in [3.05, 3.63) is 35.2 Å². The van der Waals surface area contributed by atoms with Gasteiger partial charge in [-0.05, 0) is 37.1 Å². The molecule has 24 heavy (non-hydrogen) atoms. The van der Waals surface area contributed by atoms with Crippen LogP contribution in [0.5, 0.6) is 0 Å². The van der Waals surface area contributed by atoms with Crippen molar-refractivity contribution >= 4 is 17.6 Å². The van der Waals surface area contributed by atoms with Crippen molar-refractivity contribution in [3.8, 4) is 11.4 Å². The van der Waals surface area contributed by atoms with E-state index in [1.807, 2.05) is 12.1 Å². The van der Waals surface area contributed by atoms with Crippen molar-refractivity contribution in [2.24, 2.45) is 10.9 Å². The van der Waals surface area contributed by atoms with Crippen molar-refractivity contribution in [1.82, 2.24) is 20.8 Å². The molecule has 0 radical (unpaired) electrons. The zero-order valence-corrected chi connectivity index (χ0v) is 15.3. The minimum Gasteiger partial charge on any atom is -0.356 e. The molecular weight excluding hydrogens is 326 g/mol. The first-order valence-corrected chi connectivity index (χ1v) is 8.43. The van der Waals surface area contributed by atoms with E-state index in [4.69, 9.17) is 16.1 Å². The smallest absolute Gasteiger partial charge is 0.228 e. The molecule has 0 fully saturated rings. The van der Waals surface area contributed by atoms with E-state index in [1.165, 1.54) is 0 Å². The maximum atomic E-state index is 5.88. The molecule has 0 bridgehead atoms. The summed E-state index contributed by atoms with van der Waals surface area (Å²) in [6.07, 6.45) is 0.622. The lowest BCUT2D eigenvalue weighted by Crippen LogP contribution is -2.44. The molecule has 0 saturated heterocycles. The van der Waals surface area contributed by atoms with Crippen molar-refractivity contribution < 1.29 is 4.52 Å². The van der Waals surface area contributed by atoms with Gasteiger partial charge in [0.1, 0.15) is 0 Å². The molecule has 0 spiro atoms. The van der Waals surface area contributed by atoms with Gasteiger partial charge in [-0.1, -0.05) is 30.6 Å². The molecule has 7 heteroatoms. The van der Waals surface area contributed by atoms with Crippen LogP contribution in [0.1, 0.15) is 26.7 Å². The number of aliphatic imine (C=N–C) groups is 1. The summed E-state index contributed by atoms with van der Waals surface area (Å²) in [6, 6.07) is 7.69. The van der Waals surface area contributed by atoms with E-state index in [0.717, 1.165) is 11.5 Å². The Bertz CT molecular complexity index is 666. The fraction of sp³-hybridized carbons (Fsp3) is 0.471. The van der Waals surface area contributed by atoms with Gasteiger partial charge >= 0.3 is 0 Å². The highest BCUT2D eigenvalue weighted by molar-refractivity contribution is 6.30. The average molecular weight is 350 g/mol. The van der Waals surface area contributed by atoms with Gasteiger partial charge in [0.2, 0.25) is 11.7 Å². The van der Waals surface area contributed by atoms with Crippen molar-refractivity contribution in [2.75, 3.05) is 13.6 Å². The van der Waals surface area contributed by atoms with Gasteiger partial charge in [-0.2, -0.15) is 4.98 Å². The minimum absolute atomic E-state index is 0.344. The summed E-state index contributed by atoms with van der Waals surface area (Å²) < 4.78 is 5.29. The van der Waals surface area contributed by atoms with Gasteiger partial charge in [-0.15, -0.1) is 0 Å². The Morgan fingerprint density at radius 1 is 1.25 bits per heavy atom. The normalized spacial score (nSPS) is 13.2. The monoisotopic (exact) mass is 349 g/mol. The highest BCUT2D eigenvalue weighted by atomic mass is 35.5. The van der Waals surface area contributed by atoms with E-state index < -0.39 is 0 Å². The van der Waals surface area contributed by atoms with E-state index in [9.17, 15) is 0 Å². The lowest BCUT2D eigenvalue weighted by Gasteiger charge is -2.20. The third-order valence-corrected chi connectivity index (χ3v) is 4.04. The number of halogens is 1. The number of hydrogen-bond donors (Lipinski definition) is 2. The van der Waals surface area contributed by atoms with Gasteiger partial charge < -0.3 is 15.2 Å². The maximum Gasteiger partial charge on any atom is 0.228 e. The summed E-state index contributed by atoms with van der Waals surface area (Å²) >= 11 is 5.88. The Balaban J connectivity index is 1.85. The van der Waals surface area contributed by atoms with Crippen LogP contribution in [0.2, 0.25) is 5.02 Å². The molecule has 0 saturated carbocycles. The Kier molecular flexibility index (Phi) is 6.61. The predicted molar refractivity (Wildman–Crippen MR) is 97.2 cm³/mol. The Morgan fingerprint density at radius 3 is 2.58 bits per heavy atom. The lowest BCUT2D eigenvalue weighted by atomic mass is 10.1. The van der Waals surface area contributed by atoms with Crippen LogP contribution in [0.25, 0.3) is 11.4 Å². The standard InChI is InChI=1S/C17H24ClN5O/c1-11(2)12(3)21-17(19-4)20-10-9-15-22-16(23-24-15)13-5-7-14(18)8-6-13/h5-8,11-12H,9-10H2,1-4H3,(H2,19,20,21). The first-order valence-electron chi connectivity index (χ1n) is 8.05. The molecule has 1 aromatic carbocycles. The van der Waals surface area contributed by atoms with Crippen LogP contribution in [0.15, 0.2) is 33.8 Å². The fourth-order valence-electron chi connectivity index (χ4n) is 1.94. The number of nitrogens with zero attached hydrogens (tertiary/aromatic N) is 3. The second kappa shape index (κ2) is 8.68. The molecule has 0 aliphatic rings. The summed E-state index contributed by atoms with van der Waals surface area (Å²) in [7, 11) is 1.76. The lowest BCUT2D eigenvalue weighted by molar-refractivity contribution is 0.378. The molecular formula is C17H24ClN5O.